The molecule has 0 amide bonds. The van der Waals surface area contributed by atoms with Crippen LogP contribution in [0.1, 0.15) is 22.8 Å². The van der Waals surface area contributed by atoms with Crippen LogP contribution in [0.4, 0.5) is 0 Å². The first kappa shape index (κ1) is 23.0. The molecule has 0 fully saturated rings. The van der Waals surface area contributed by atoms with Crippen molar-refractivity contribution in [3.05, 3.63) is 64.3 Å². The van der Waals surface area contributed by atoms with Gasteiger partial charge in [-0.2, -0.15) is 0 Å². The number of likely N-dealkylation sites (N-methyl/N-ethyl adjacent to an activating group) is 1. The Labute approximate surface area is 189 Å². The van der Waals surface area contributed by atoms with E-state index >= 15 is 0 Å². The number of phenols is 1. The average molecular weight is 458 g/mol. The number of aliphatic hydroxyl groups excluding tert-OH is 3. The molecule has 0 heterocycles. The van der Waals surface area contributed by atoms with Crippen molar-refractivity contribution in [2.75, 3.05) is 14.1 Å². The zero-order valence-corrected chi connectivity index (χ0v) is 18.3. The molecule has 0 unspecified atom stereocenters. The van der Waals surface area contributed by atoms with Gasteiger partial charge in [-0.25, -0.2) is 0 Å². The highest BCUT2D eigenvalue weighted by molar-refractivity contribution is 6.14. The van der Waals surface area contributed by atoms with E-state index in [0.717, 1.165) is 0 Å². The molecule has 33 heavy (non-hydrogen) atoms. The van der Waals surface area contributed by atoms with Gasteiger partial charge in [0.2, 0.25) is 0 Å². The molecule has 0 bridgehead atoms. The molecule has 10 nitrogen and oxygen atoms in total. The Kier molecular flexibility index (Phi) is 4.81. The van der Waals surface area contributed by atoms with Crippen LogP contribution in [-0.2, 0) is 10.4 Å². The molecule has 0 aliphatic heterocycles. The van der Waals surface area contributed by atoms with Crippen molar-refractivity contribution >= 4 is 11.6 Å². The normalized spacial score (nSPS) is 36.0. The molecule has 0 aromatic heterocycles. The third-order valence-corrected chi connectivity index (χ3v) is 7.11. The first-order chi connectivity index (χ1) is 15.2. The van der Waals surface area contributed by atoms with E-state index < -0.39 is 75.2 Å². The molecule has 10 heteroatoms. The number of hydrogen-bond donors (Lipinski definition) is 7. The zero-order chi connectivity index (χ0) is 24.8. The van der Waals surface area contributed by atoms with Crippen LogP contribution in [0.25, 0.3) is 0 Å². The highest BCUT2D eigenvalue weighted by Gasteiger charge is 2.68. The number of hydrogen-bond acceptors (Lipinski definition) is 10. The Bertz CT molecular complexity index is 1180. The van der Waals surface area contributed by atoms with E-state index in [1.807, 2.05) is 0 Å². The number of aromatic hydroxyl groups is 1. The number of nitrogens with zero attached hydrogens (tertiary/aromatic N) is 1. The van der Waals surface area contributed by atoms with Crippen LogP contribution in [0, 0.1) is 11.8 Å². The van der Waals surface area contributed by atoms with Gasteiger partial charge < -0.3 is 36.4 Å². The summed E-state index contributed by atoms with van der Waals surface area (Å²) in [6, 6.07) is 2.72. The first-order valence-electron chi connectivity index (χ1n) is 10.2. The highest BCUT2D eigenvalue weighted by atomic mass is 16.4. The Morgan fingerprint density at radius 1 is 1.12 bits per heavy atom. The smallest absolute Gasteiger partial charge is 0.197 e. The fraction of sp³-hybridized carbons (Fsp3) is 0.391. The Balaban J connectivity index is 2.13. The predicted molar refractivity (Wildman–Crippen MR) is 115 cm³/mol. The van der Waals surface area contributed by atoms with Crippen LogP contribution in [0.3, 0.4) is 0 Å². The quantitative estimate of drug-likeness (QED) is 0.311. The van der Waals surface area contributed by atoms with Gasteiger partial charge in [-0.15, -0.1) is 0 Å². The molecular weight excluding hydrogens is 432 g/mol. The fourth-order valence-corrected chi connectivity index (χ4v) is 5.67. The number of ketones is 2. The van der Waals surface area contributed by atoms with Crippen LogP contribution < -0.4 is 5.73 Å². The number of carbonyl (C=O) groups excluding carboxylic acids is 2. The Morgan fingerprint density at radius 2 is 1.73 bits per heavy atom. The summed E-state index contributed by atoms with van der Waals surface area (Å²) in [7, 11) is 2.98. The van der Waals surface area contributed by atoms with Crippen molar-refractivity contribution < 1.29 is 40.2 Å². The third kappa shape index (κ3) is 2.63. The second kappa shape index (κ2) is 6.91. The molecule has 0 spiro atoms. The van der Waals surface area contributed by atoms with Gasteiger partial charge in [-0.05, 0) is 32.6 Å². The number of benzene rings is 1. The van der Waals surface area contributed by atoms with E-state index in [4.69, 9.17) is 5.73 Å². The van der Waals surface area contributed by atoms with E-state index in [1.165, 1.54) is 44.1 Å². The fourth-order valence-electron chi connectivity index (χ4n) is 5.67. The molecule has 1 aromatic rings. The average Bonchev–Trinajstić information content (AvgIpc) is 2.70. The molecule has 6 atom stereocenters. The monoisotopic (exact) mass is 458 g/mol. The minimum atomic E-state index is -2.79. The Hall–Kier alpha value is -3.18. The predicted octanol–water partition coefficient (Wildman–Crippen LogP) is -0.256. The van der Waals surface area contributed by atoms with E-state index in [-0.39, 0.29) is 16.8 Å². The van der Waals surface area contributed by atoms with E-state index in [2.05, 4.69) is 6.58 Å². The first-order valence-corrected chi connectivity index (χ1v) is 10.2. The standard InChI is InChI=1S/C23H26N2O8/c1-8(24)11-18(28)16(25(3)4)15-19(29)14-13(21(31)23(15,33)20(11)30)17(27)12-9(22(14,2)32)6-5-7-10(12)26/h5-7,14-16,19,26,29-33H,1,24H2,2-4H3/t14-,15-,16+,19+,22-,23-/m1/s1. The number of rotatable bonds is 2. The number of aliphatic hydroxyl groups is 5. The molecule has 0 radical (unpaired) electrons. The van der Waals surface area contributed by atoms with Crippen molar-refractivity contribution in [2.24, 2.45) is 17.6 Å². The van der Waals surface area contributed by atoms with Crippen LogP contribution in [-0.4, -0.2) is 78.9 Å². The van der Waals surface area contributed by atoms with Gasteiger partial charge in [0.15, 0.2) is 17.2 Å². The molecule has 176 valence electrons. The second-order valence-electron chi connectivity index (χ2n) is 9.22. The van der Waals surface area contributed by atoms with Crippen LogP contribution in [0.2, 0.25) is 0 Å². The van der Waals surface area contributed by atoms with Crippen molar-refractivity contribution in [1.29, 1.82) is 0 Å². The lowest BCUT2D eigenvalue weighted by Crippen LogP contribution is -2.68. The summed E-state index contributed by atoms with van der Waals surface area (Å²) >= 11 is 0. The molecule has 8 N–H and O–H groups in total. The molecule has 3 aliphatic rings. The molecule has 4 rings (SSSR count). The number of nitrogens with two attached hydrogens (primary N) is 1. The second-order valence-corrected chi connectivity index (χ2v) is 9.22. The van der Waals surface area contributed by atoms with Gasteiger partial charge in [0.25, 0.3) is 0 Å². The van der Waals surface area contributed by atoms with Gasteiger partial charge >= 0.3 is 0 Å². The molecule has 1 aromatic carbocycles. The lowest BCUT2D eigenvalue weighted by molar-refractivity contribution is -0.165. The lowest BCUT2D eigenvalue weighted by atomic mass is 9.54. The van der Waals surface area contributed by atoms with E-state index in [0.29, 0.717) is 0 Å². The summed E-state index contributed by atoms with van der Waals surface area (Å²) in [5.74, 6) is -7.35. The highest BCUT2D eigenvalue weighted by Crippen LogP contribution is 2.57. The molecular formula is C23H26N2O8. The van der Waals surface area contributed by atoms with Gasteiger partial charge in [0.05, 0.1) is 46.3 Å². The minimum Gasteiger partial charge on any atom is -0.508 e. The third-order valence-electron chi connectivity index (χ3n) is 7.11. The summed E-state index contributed by atoms with van der Waals surface area (Å²) in [6.45, 7) is 4.75. The van der Waals surface area contributed by atoms with Crippen LogP contribution in [0.5, 0.6) is 5.75 Å². The summed E-state index contributed by atoms with van der Waals surface area (Å²) in [6.07, 6.45) is -1.79. The van der Waals surface area contributed by atoms with Gasteiger partial charge in [0.1, 0.15) is 17.3 Å². The Morgan fingerprint density at radius 3 is 2.27 bits per heavy atom. The van der Waals surface area contributed by atoms with Crippen molar-refractivity contribution in [2.45, 2.75) is 30.3 Å². The van der Waals surface area contributed by atoms with Gasteiger partial charge in [0, 0.05) is 5.70 Å². The topological polar surface area (TPSA) is 185 Å². The maximum Gasteiger partial charge on any atom is 0.197 e. The number of Topliss-reactive ketones (excluding diaryl/α,β-unsaturated/α-hetero) is 2. The maximum absolute atomic E-state index is 13.4. The van der Waals surface area contributed by atoms with Crippen molar-refractivity contribution in [3.8, 4) is 5.75 Å². The largest absolute Gasteiger partial charge is 0.508 e. The van der Waals surface area contributed by atoms with Crippen LogP contribution >= 0.6 is 0 Å². The number of phenolic OH excluding ortho intramolecular Hbond substituents is 1. The maximum atomic E-state index is 13.4. The van der Waals surface area contributed by atoms with Gasteiger partial charge in [-0.1, -0.05) is 18.7 Å². The summed E-state index contributed by atoms with van der Waals surface area (Å²) in [4.78, 5) is 28.0. The SMILES string of the molecule is C=C(N)C1=C(O)[C@@]2(O)C(O)=C3C(=O)c4c(O)cccc4[C@@](C)(O)[C@H]3[C@H](O)[C@H]2[C@H](N(C)C)C1=O. The van der Waals surface area contributed by atoms with Gasteiger partial charge in [-0.3, -0.25) is 14.5 Å². The number of allylic oxidation sites excluding steroid dienone is 1. The number of carbonyl (C=O) groups is 2. The summed E-state index contributed by atoms with van der Waals surface area (Å²) in [5, 5.41) is 67.1. The van der Waals surface area contributed by atoms with Crippen molar-refractivity contribution in [3.63, 3.8) is 0 Å². The summed E-state index contributed by atoms with van der Waals surface area (Å²) < 4.78 is 0. The molecule has 3 aliphatic carbocycles. The number of fused-ring (bicyclic) bond motifs is 3. The zero-order valence-electron chi connectivity index (χ0n) is 18.3. The lowest BCUT2D eigenvalue weighted by Gasteiger charge is -2.55. The van der Waals surface area contributed by atoms with E-state index in [1.54, 1.807) is 0 Å². The molecule has 0 saturated carbocycles. The summed E-state index contributed by atoms with van der Waals surface area (Å²) in [5.41, 5.74) is -0.892. The molecule has 0 saturated heterocycles. The van der Waals surface area contributed by atoms with E-state index in [9.17, 15) is 40.2 Å². The minimum absolute atomic E-state index is 0.0119. The van der Waals surface area contributed by atoms with Crippen LogP contribution in [0.15, 0.2) is 53.1 Å². The van der Waals surface area contributed by atoms with Crippen molar-refractivity contribution in [1.82, 2.24) is 4.90 Å².